The number of H-pyrrole nitrogens is 2. The maximum absolute atomic E-state index is 12.8. The fourth-order valence-electron chi connectivity index (χ4n) is 6.94. The molecular weight excluding hydrogens is 548 g/mol. The molecule has 0 bridgehead atoms. The largest absolute Gasteiger partial charge is 0.444 e. The molecule has 2 aliphatic heterocycles. The third-order valence-electron chi connectivity index (χ3n) is 9.48. The minimum atomic E-state index is -0.525. The van der Waals surface area contributed by atoms with Crippen LogP contribution in [0.1, 0.15) is 70.2 Å². The maximum Gasteiger partial charge on any atom is 0.410 e. The first-order chi connectivity index (χ1) is 21.3. The summed E-state index contributed by atoms with van der Waals surface area (Å²) in [5, 5.41) is 3.62. The Balaban J connectivity index is 0.966. The van der Waals surface area contributed by atoms with E-state index in [1.807, 2.05) is 27.0 Å². The van der Waals surface area contributed by atoms with Gasteiger partial charge in [-0.15, -0.1) is 0 Å². The molecular formula is C36H38N6O2. The Hall–Kier alpha value is -4.43. The highest BCUT2D eigenvalue weighted by Gasteiger charge is 2.48. The number of hydrogen-bond donors (Lipinski definition) is 3. The number of aromatic nitrogens is 4. The Kier molecular flexibility index (Phi) is 6.38. The molecule has 3 aromatic carbocycles. The molecule has 1 unspecified atom stereocenters. The van der Waals surface area contributed by atoms with Crippen molar-refractivity contribution in [2.75, 3.05) is 6.54 Å². The number of ether oxygens (including phenoxy) is 1. The smallest absolute Gasteiger partial charge is 0.410 e. The van der Waals surface area contributed by atoms with Crippen molar-refractivity contribution in [3.8, 4) is 33.5 Å². The monoisotopic (exact) mass is 586 g/mol. The number of fused-ring (bicyclic) bond motifs is 2. The average molecular weight is 587 g/mol. The van der Waals surface area contributed by atoms with Crippen LogP contribution in [0.3, 0.4) is 0 Å². The van der Waals surface area contributed by atoms with E-state index in [9.17, 15) is 4.79 Å². The molecule has 0 radical (unpaired) electrons. The van der Waals surface area contributed by atoms with Gasteiger partial charge >= 0.3 is 6.09 Å². The van der Waals surface area contributed by atoms with E-state index in [0.29, 0.717) is 18.6 Å². The topological polar surface area (TPSA) is 98.9 Å². The molecule has 8 heteroatoms. The van der Waals surface area contributed by atoms with Crippen LogP contribution >= 0.6 is 0 Å². The van der Waals surface area contributed by atoms with Gasteiger partial charge in [-0.1, -0.05) is 54.6 Å². The van der Waals surface area contributed by atoms with E-state index in [1.54, 1.807) is 4.90 Å². The lowest BCUT2D eigenvalue weighted by Crippen LogP contribution is -2.61. The van der Waals surface area contributed by atoms with Gasteiger partial charge in [0.1, 0.15) is 17.2 Å². The molecule has 4 atom stereocenters. The van der Waals surface area contributed by atoms with Crippen LogP contribution in [0, 0.1) is 5.92 Å². The van der Waals surface area contributed by atoms with Crippen LogP contribution in [-0.2, 0) is 4.74 Å². The van der Waals surface area contributed by atoms with Crippen molar-refractivity contribution in [1.82, 2.24) is 30.2 Å². The van der Waals surface area contributed by atoms with Gasteiger partial charge in [-0.05, 0) is 92.3 Å². The molecule has 3 fully saturated rings. The van der Waals surface area contributed by atoms with Crippen LogP contribution in [-0.4, -0.2) is 49.1 Å². The van der Waals surface area contributed by atoms with Crippen LogP contribution in [0.2, 0.25) is 0 Å². The SMILES string of the molecule is CC(C)(C)OC(=O)N1CCC[C@H]1c1nc2ccc(-c3ccc(-c4ccc(-c5cnc([C@H]6N[C@@H]7CCC67)[nH]5)cc4)cc3)cc2[nH]1. The molecule has 0 spiro atoms. The predicted octanol–water partition coefficient (Wildman–Crippen LogP) is 7.78. The number of likely N-dealkylation sites (tertiary alicyclic amines) is 1. The van der Waals surface area contributed by atoms with E-state index in [1.165, 1.54) is 24.0 Å². The van der Waals surface area contributed by atoms with Crippen molar-refractivity contribution < 1.29 is 9.53 Å². The predicted molar refractivity (Wildman–Crippen MR) is 172 cm³/mol. The zero-order chi connectivity index (χ0) is 30.0. The van der Waals surface area contributed by atoms with E-state index in [0.717, 1.165) is 63.8 Å². The van der Waals surface area contributed by atoms with E-state index < -0.39 is 5.60 Å². The lowest BCUT2D eigenvalue weighted by Gasteiger charge is -2.53. The van der Waals surface area contributed by atoms with Gasteiger partial charge in [0.05, 0.1) is 35.0 Å². The van der Waals surface area contributed by atoms with E-state index in [2.05, 4.69) is 87.0 Å². The molecule has 3 N–H and O–H groups in total. The molecule has 5 aromatic rings. The van der Waals surface area contributed by atoms with Crippen molar-refractivity contribution in [2.45, 2.75) is 70.2 Å². The number of amides is 1. The van der Waals surface area contributed by atoms with Crippen LogP contribution in [0.5, 0.6) is 0 Å². The van der Waals surface area contributed by atoms with Crippen molar-refractivity contribution in [1.29, 1.82) is 0 Å². The first-order valence-electron chi connectivity index (χ1n) is 15.8. The summed E-state index contributed by atoms with van der Waals surface area (Å²) in [6, 6.07) is 24.7. The number of carbonyl (C=O) groups excluding carboxylic acids is 1. The highest BCUT2D eigenvalue weighted by Crippen LogP contribution is 2.46. The summed E-state index contributed by atoms with van der Waals surface area (Å²) in [5.41, 5.74) is 8.17. The quantitative estimate of drug-likeness (QED) is 0.195. The number of rotatable bonds is 5. The van der Waals surface area contributed by atoms with Crippen molar-refractivity contribution in [3.63, 3.8) is 0 Å². The van der Waals surface area contributed by atoms with Crippen molar-refractivity contribution in [2.24, 2.45) is 5.92 Å². The first kappa shape index (κ1) is 27.1. The lowest BCUT2D eigenvalue weighted by atomic mass is 9.67. The van der Waals surface area contributed by atoms with E-state index >= 15 is 0 Å². The summed E-state index contributed by atoms with van der Waals surface area (Å²) in [6.07, 6.45) is 6.09. The molecule has 4 heterocycles. The Bertz CT molecular complexity index is 1830. The molecule has 8 nitrogen and oxygen atoms in total. The minimum absolute atomic E-state index is 0.100. The second-order valence-corrected chi connectivity index (χ2v) is 13.5. The minimum Gasteiger partial charge on any atom is -0.444 e. The summed E-state index contributed by atoms with van der Waals surface area (Å²) >= 11 is 0. The van der Waals surface area contributed by atoms with Gasteiger partial charge in [-0.3, -0.25) is 4.90 Å². The number of carbonyl (C=O) groups is 1. The van der Waals surface area contributed by atoms with E-state index in [4.69, 9.17) is 9.72 Å². The highest BCUT2D eigenvalue weighted by molar-refractivity contribution is 5.83. The number of nitrogens with one attached hydrogen (secondary N) is 3. The Labute approximate surface area is 257 Å². The number of hydrogen-bond acceptors (Lipinski definition) is 5. The van der Waals surface area contributed by atoms with Gasteiger partial charge in [0, 0.05) is 12.6 Å². The Morgan fingerprint density at radius 1 is 0.841 bits per heavy atom. The number of piperidine rings is 1. The molecule has 1 saturated carbocycles. The number of aromatic amines is 2. The standard InChI is InChI=1S/C36H38N6O2/c1-36(2,3)44-35(43)42-18-4-5-31(42)33-39-28-16-14-25(19-29(28)40-33)23-8-6-21(7-9-23)22-10-12-24(13-11-22)30-20-37-34(41-30)32-26-15-17-27(26)38-32/h6-14,16,19-20,26-27,31-32,38H,4-5,15,17-18H2,1-3H3,(H,37,41)(H,39,40)/t26?,27-,31+,32+/m1/s1. The molecule has 2 aromatic heterocycles. The normalized spacial score (nSPS) is 22.8. The number of nitrogens with zero attached hydrogens (tertiary/aromatic N) is 3. The summed E-state index contributed by atoms with van der Waals surface area (Å²) < 4.78 is 5.65. The van der Waals surface area contributed by atoms with Gasteiger partial charge < -0.3 is 20.0 Å². The molecule has 1 amide bonds. The molecule has 1 aliphatic carbocycles. The maximum atomic E-state index is 12.8. The van der Waals surface area contributed by atoms with Crippen LogP contribution in [0.25, 0.3) is 44.5 Å². The summed E-state index contributed by atoms with van der Waals surface area (Å²) in [6.45, 7) is 6.37. The highest BCUT2D eigenvalue weighted by atomic mass is 16.6. The van der Waals surface area contributed by atoms with Crippen LogP contribution in [0.4, 0.5) is 4.79 Å². The van der Waals surface area contributed by atoms with Crippen LogP contribution in [0.15, 0.2) is 72.9 Å². The van der Waals surface area contributed by atoms with Gasteiger partial charge in [0.15, 0.2) is 0 Å². The third kappa shape index (κ3) is 4.87. The second-order valence-electron chi connectivity index (χ2n) is 13.5. The fraction of sp³-hybridized carbons (Fsp3) is 0.361. The lowest BCUT2D eigenvalue weighted by molar-refractivity contribution is 0.0219. The Morgan fingerprint density at radius 3 is 2.16 bits per heavy atom. The summed E-state index contributed by atoms with van der Waals surface area (Å²) in [7, 11) is 0. The fourth-order valence-corrected chi connectivity index (χ4v) is 6.94. The molecule has 224 valence electrons. The van der Waals surface area contributed by atoms with Gasteiger partial charge in [0.2, 0.25) is 0 Å². The summed E-state index contributed by atoms with van der Waals surface area (Å²) in [4.78, 5) is 31.2. The zero-order valence-corrected chi connectivity index (χ0v) is 25.4. The summed E-state index contributed by atoms with van der Waals surface area (Å²) in [5.74, 6) is 2.63. The average Bonchev–Trinajstić information content (AvgIpc) is 3.77. The zero-order valence-electron chi connectivity index (χ0n) is 25.4. The van der Waals surface area contributed by atoms with Crippen LogP contribution < -0.4 is 5.32 Å². The molecule has 2 saturated heterocycles. The second kappa shape index (κ2) is 10.3. The van der Waals surface area contributed by atoms with Crippen molar-refractivity contribution in [3.05, 3.63) is 84.6 Å². The van der Waals surface area contributed by atoms with Gasteiger partial charge in [-0.25, -0.2) is 14.8 Å². The third-order valence-corrected chi connectivity index (χ3v) is 9.48. The van der Waals surface area contributed by atoms with Gasteiger partial charge in [-0.2, -0.15) is 0 Å². The van der Waals surface area contributed by atoms with Gasteiger partial charge in [0.25, 0.3) is 0 Å². The Morgan fingerprint density at radius 2 is 1.52 bits per heavy atom. The molecule has 3 aliphatic rings. The molecule has 44 heavy (non-hydrogen) atoms. The van der Waals surface area contributed by atoms with Crippen molar-refractivity contribution >= 4 is 17.1 Å². The molecule has 8 rings (SSSR count). The first-order valence-corrected chi connectivity index (χ1v) is 15.8. The number of benzene rings is 3. The van der Waals surface area contributed by atoms with E-state index in [-0.39, 0.29) is 12.1 Å². The number of imidazole rings is 2.